The molecule has 3 fully saturated rings. The van der Waals surface area contributed by atoms with Gasteiger partial charge in [0, 0.05) is 54.4 Å². The van der Waals surface area contributed by atoms with Crippen molar-refractivity contribution in [3.63, 3.8) is 0 Å². The molecule has 2 bridgehead atoms. The van der Waals surface area contributed by atoms with Gasteiger partial charge in [0.05, 0.1) is 23.7 Å². The summed E-state index contributed by atoms with van der Waals surface area (Å²) in [5.41, 5.74) is 4.53. The van der Waals surface area contributed by atoms with Gasteiger partial charge in [0.25, 0.3) is 0 Å². The van der Waals surface area contributed by atoms with E-state index in [1.165, 1.54) is 6.07 Å². The molecule has 1 aliphatic carbocycles. The lowest BCUT2D eigenvalue weighted by molar-refractivity contribution is 0.0214. The number of benzene rings is 5. The Kier molecular flexibility index (Phi) is 10.3. The SMILES string of the molecule is CO[C@H](C)COc1nc(N2C[C@@H]3C[C@H]2CN3C(=O)OC(C)(C)C)c2cc(C3CC3)c(-c3c(C)c(F)cc4nn(C(c5ccccc5)(c5ccccc5)c5ccccc5)cc34)c(O)c2n1. The Morgan fingerprint density at radius 2 is 1.48 bits per heavy atom. The predicted octanol–water partition coefficient (Wildman–Crippen LogP) is 10.1. The average Bonchev–Trinajstić information content (AvgIpc) is 3.73. The standard InChI is InChI=1S/C52H53FN6O5/c1-31(62-6)30-63-49-54-46-40(48(55-49)57-27-38-24-37(57)28-58(38)50(61)64-51(3,4)5)25-39(33-22-23-33)45(47(46)60)44-32(2)42(53)26-43-41(44)29-59(56-43)52(34-16-10-7-11-17-34,35-18-12-8-13-19-35)36-20-14-9-15-21-36/h7-21,25-26,29,31,33,37-38,60H,22-24,27-28,30H2,1-6H3/t31-,37+,38+/m1/s1. The first-order valence-electron chi connectivity index (χ1n) is 22.2. The van der Waals surface area contributed by atoms with Crippen molar-refractivity contribution in [3.05, 3.63) is 143 Å². The van der Waals surface area contributed by atoms with Gasteiger partial charge in [-0.25, -0.2) is 9.18 Å². The van der Waals surface area contributed by atoms with E-state index in [1.807, 2.05) is 98.1 Å². The van der Waals surface area contributed by atoms with Crippen LogP contribution in [0.25, 0.3) is 32.9 Å². The molecule has 64 heavy (non-hydrogen) atoms. The van der Waals surface area contributed by atoms with E-state index in [0.717, 1.165) is 41.5 Å². The van der Waals surface area contributed by atoms with E-state index < -0.39 is 17.0 Å². The molecule has 328 valence electrons. The van der Waals surface area contributed by atoms with Crippen LogP contribution in [0, 0.1) is 12.7 Å². The first kappa shape index (κ1) is 41.5. The fourth-order valence-corrected chi connectivity index (χ4v) is 9.89. The molecule has 2 aliphatic heterocycles. The maximum absolute atomic E-state index is 16.6. The van der Waals surface area contributed by atoms with Gasteiger partial charge >= 0.3 is 12.1 Å². The molecule has 11 nitrogen and oxygen atoms in total. The van der Waals surface area contributed by atoms with Gasteiger partial charge in [-0.15, -0.1) is 0 Å². The monoisotopic (exact) mass is 860 g/mol. The van der Waals surface area contributed by atoms with Crippen LogP contribution >= 0.6 is 0 Å². The van der Waals surface area contributed by atoms with Crippen LogP contribution in [0.2, 0.25) is 0 Å². The number of carbonyl (C=O) groups excluding carboxylic acids is 1. The minimum Gasteiger partial charge on any atom is -0.505 e. The van der Waals surface area contributed by atoms with Crippen LogP contribution in [-0.4, -0.2) is 86.4 Å². The lowest BCUT2D eigenvalue weighted by Gasteiger charge is -2.36. The number of rotatable bonds is 11. The molecule has 7 aromatic rings. The predicted molar refractivity (Wildman–Crippen MR) is 246 cm³/mol. The molecule has 5 aromatic carbocycles. The third-order valence-electron chi connectivity index (χ3n) is 13.1. The van der Waals surface area contributed by atoms with Gasteiger partial charge < -0.3 is 29.1 Å². The molecule has 3 atom stereocenters. The number of fused-ring (bicyclic) bond motifs is 4. The summed E-state index contributed by atoms with van der Waals surface area (Å²) < 4.78 is 36.0. The number of aromatic hydroxyl groups is 1. The molecule has 12 heteroatoms. The maximum Gasteiger partial charge on any atom is 0.410 e. The zero-order chi connectivity index (χ0) is 44.5. The van der Waals surface area contributed by atoms with Crippen LogP contribution in [0.4, 0.5) is 15.0 Å². The van der Waals surface area contributed by atoms with Gasteiger partial charge in [0.1, 0.15) is 40.6 Å². The molecule has 3 aliphatic rings. The first-order chi connectivity index (χ1) is 30.8. The summed E-state index contributed by atoms with van der Waals surface area (Å²) in [5.74, 6) is 0.245. The third-order valence-corrected chi connectivity index (χ3v) is 13.1. The number of aromatic nitrogens is 4. The second-order valence-corrected chi connectivity index (χ2v) is 18.5. The normalized spacial score (nSPS) is 18.0. The quantitative estimate of drug-likeness (QED) is 0.127. The van der Waals surface area contributed by atoms with Crippen LogP contribution in [0.1, 0.15) is 80.7 Å². The topological polar surface area (TPSA) is 115 Å². The Bertz CT molecular complexity index is 2780. The van der Waals surface area contributed by atoms with Crippen molar-refractivity contribution in [2.45, 2.75) is 89.1 Å². The van der Waals surface area contributed by atoms with E-state index in [9.17, 15) is 9.90 Å². The summed E-state index contributed by atoms with van der Waals surface area (Å²) in [5, 5.41) is 19.5. The average molecular weight is 861 g/mol. The summed E-state index contributed by atoms with van der Waals surface area (Å²) in [6.45, 7) is 10.5. The minimum absolute atomic E-state index is 0.0393. The molecule has 2 aromatic heterocycles. The lowest BCUT2D eigenvalue weighted by atomic mass is 9.77. The molecule has 0 unspecified atom stereocenters. The number of hydrogen-bond acceptors (Lipinski definition) is 9. The van der Waals surface area contributed by atoms with Crippen molar-refractivity contribution in [1.29, 1.82) is 0 Å². The Balaban J connectivity index is 1.18. The highest BCUT2D eigenvalue weighted by Gasteiger charge is 2.48. The molecular weight excluding hydrogens is 808 g/mol. The van der Waals surface area contributed by atoms with E-state index in [0.29, 0.717) is 57.4 Å². The van der Waals surface area contributed by atoms with Crippen LogP contribution in [-0.2, 0) is 15.0 Å². The van der Waals surface area contributed by atoms with E-state index in [4.69, 9.17) is 29.3 Å². The first-order valence-corrected chi connectivity index (χ1v) is 22.2. The number of nitrogens with zero attached hydrogens (tertiary/aromatic N) is 6. The molecule has 1 amide bonds. The zero-order valence-electron chi connectivity index (χ0n) is 37.1. The zero-order valence-corrected chi connectivity index (χ0v) is 37.1. The highest BCUT2D eigenvalue weighted by atomic mass is 19.1. The number of piperazine rings is 1. The molecule has 1 saturated carbocycles. The van der Waals surface area contributed by atoms with Crippen molar-refractivity contribution < 1.29 is 28.5 Å². The lowest BCUT2D eigenvalue weighted by Crippen LogP contribution is -2.50. The number of carbonyl (C=O) groups is 1. The summed E-state index contributed by atoms with van der Waals surface area (Å²) in [6, 6.07) is 34.3. The van der Waals surface area contributed by atoms with Gasteiger partial charge in [0.15, 0.2) is 0 Å². The second kappa shape index (κ2) is 15.9. The Hall–Kier alpha value is -6.53. The molecule has 4 heterocycles. The van der Waals surface area contributed by atoms with Crippen molar-refractivity contribution in [3.8, 4) is 22.9 Å². The van der Waals surface area contributed by atoms with Crippen molar-refractivity contribution >= 4 is 33.7 Å². The van der Waals surface area contributed by atoms with E-state index in [-0.39, 0.29) is 48.6 Å². The molecule has 10 rings (SSSR count). The highest BCUT2D eigenvalue weighted by molar-refractivity contribution is 6.06. The number of anilines is 1. The molecule has 0 spiro atoms. The third kappa shape index (κ3) is 7.08. The Morgan fingerprint density at radius 3 is 2.03 bits per heavy atom. The van der Waals surface area contributed by atoms with Gasteiger partial charge in [0.2, 0.25) is 0 Å². The van der Waals surface area contributed by atoms with E-state index >= 15 is 4.39 Å². The van der Waals surface area contributed by atoms with E-state index in [2.05, 4.69) is 47.4 Å². The number of phenolic OH excluding ortho intramolecular Hbond substituents is 1. The number of methoxy groups -OCH3 is 1. The Labute approximate surface area is 372 Å². The summed E-state index contributed by atoms with van der Waals surface area (Å²) in [7, 11) is 1.61. The van der Waals surface area contributed by atoms with Crippen LogP contribution < -0.4 is 9.64 Å². The van der Waals surface area contributed by atoms with Crippen LogP contribution in [0.5, 0.6) is 11.8 Å². The molecule has 0 radical (unpaired) electrons. The number of likely N-dealkylation sites (tertiary alicyclic amines) is 1. The van der Waals surface area contributed by atoms with Crippen LogP contribution in [0.3, 0.4) is 0 Å². The fourth-order valence-electron chi connectivity index (χ4n) is 9.89. The summed E-state index contributed by atoms with van der Waals surface area (Å²) in [6.07, 6.45) is 4.02. The molecular formula is C52H53FN6O5. The molecule has 1 N–H and O–H groups in total. The number of halogens is 1. The van der Waals surface area contributed by atoms with Crippen molar-refractivity contribution in [2.75, 3.05) is 31.7 Å². The largest absolute Gasteiger partial charge is 0.505 e. The fraction of sp³-hybridized carbons (Fsp3) is 0.346. The maximum atomic E-state index is 16.6. The Morgan fingerprint density at radius 1 is 0.859 bits per heavy atom. The second-order valence-electron chi connectivity index (χ2n) is 18.5. The summed E-state index contributed by atoms with van der Waals surface area (Å²) >= 11 is 0. The number of ether oxygens (including phenoxy) is 3. The van der Waals surface area contributed by atoms with Gasteiger partial charge in [-0.05, 0) is 93.7 Å². The number of phenols is 1. The minimum atomic E-state index is -0.947. The van der Waals surface area contributed by atoms with Gasteiger partial charge in [-0.2, -0.15) is 15.1 Å². The van der Waals surface area contributed by atoms with Gasteiger partial charge in [-0.1, -0.05) is 91.0 Å². The number of amides is 1. The smallest absolute Gasteiger partial charge is 0.410 e. The van der Waals surface area contributed by atoms with Crippen molar-refractivity contribution in [2.24, 2.45) is 0 Å². The van der Waals surface area contributed by atoms with Gasteiger partial charge in [-0.3, -0.25) is 4.68 Å². The van der Waals surface area contributed by atoms with E-state index in [1.54, 1.807) is 14.0 Å². The van der Waals surface area contributed by atoms with Crippen molar-refractivity contribution in [1.82, 2.24) is 24.6 Å². The highest BCUT2D eigenvalue weighted by Crippen LogP contribution is 2.54. The number of hydrogen-bond donors (Lipinski definition) is 1. The molecule has 2 saturated heterocycles. The van der Waals surface area contributed by atoms with Crippen LogP contribution in [0.15, 0.2) is 109 Å². The summed E-state index contributed by atoms with van der Waals surface area (Å²) in [4.78, 5) is 27.2.